The molecular formula is C19H15ClFN5O2. The zero-order chi connectivity index (χ0) is 19.5. The Hall–Kier alpha value is -2.81. The molecule has 2 aliphatic rings. The number of ether oxygens (including phenoxy) is 1. The van der Waals surface area contributed by atoms with E-state index >= 15 is 0 Å². The molecule has 2 aliphatic heterocycles. The molecule has 0 saturated carbocycles. The van der Waals surface area contributed by atoms with Crippen LogP contribution in [0.3, 0.4) is 0 Å². The van der Waals surface area contributed by atoms with Gasteiger partial charge in [0.05, 0.1) is 18.8 Å². The molecule has 28 heavy (non-hydrogen) atoms. The van der Waals surface area contributed by atoms with Crippen LogP contribution in [-0.2, 0) is 17.0 Å². The van der Waals surface area contributed by atoms with Gasteiger partial charge in [0.15, 0.2) is 5.72 Å². The zero-order valence-electron chi connectivity index (χ0n) is 14.6. The minimum Gasteiger partial charge on any atom is -0.363 e. The molecule has 1 unspecified atom stereocenters. The summed E-state index contributed by atoms with van der Waals surface area (Å²) >= 11 is 6.31. The number of amides is 1. The third-order valence-corrected chi connectivity index (χ3v) is 5.37. The normalized spacial score (nSPS) is 20.9. The third kappa shape index (κ3) is 2.32. The number of halogens is 2. The average Bonchev–Trinajstić information content (AvgIpc) is 3.26. The highest BCUT2D eigenvalue weighted by atomic mass is 35.5. The number of nitrogens with zero attached hydrogens (tertiary/aromatic N) is 4. The van der Waals surface area contributed by atoms with Crippen LogP contribution in [-0.4, -0.2) is 38.7 Å². The molecule has 2 N–H and O–H groups in total. The van der Waals surface area contributed by atoms with Gasteiger partial charge in [-0.1, -0.05) is 29.8 Å². The van der Waals surface area contributed by atoms with Crippen LogP contribution in [0.15, 0.2) is 42.5 Å². The maximum Gasteiger partial charge on any atom is 0.288 e. The summed E-state index contributed by atoms with van der Waals surface area (Å²) in [6.45, 7) is 1.23. The second-order valence-corrected chi connectivity index (χ2v) is 7.12. The number of primary amides is 1. The topological polar surface area (TPSA) is 86.3 Å². The summed E-state index contributed by atoms with van der Waals surface area (Å²) in [6, 6.07) is 11.7. The Bertz CT molecular complexity index is 1120. The van der Waals surface area contributed by atoms with Crippen molar-refractivity contribution in [3.05, 3.63) is 76.1 Å². The number of aromatic nitrogens is 3. The first kappa shape index (κ1) is 17.3. The predicted molar refractivity (Wildman–Crippen MR) is 98.4 cm³/mol. The lowest BCUT2D eigenvalue weighted by molar-refractivity contribution is -0.0576. The second kappa shape index (κ2) is 6.10. The minimum atomic E-state index is -1.18. The van der Waals surface area contributed by atoms with E-state index in [2.05, 4.69) is 10.1 Å². The van der Waals surface area contributed by atoms with E-state index in [4.69, 9.17) is 22.1 Å². The molecule has 0 aliphatic carbocycles. The summed E-state index contributed by atoms with van der Waals surface area (Å²) in [7, 11) is 0. The fourth-order valence-electron chi connectivity index (χ4n) is 4.00. The summed E-state index contributed by atoms with van der Waals surface area (Å²) in [5.41, 5.74) is 5.80. The molecule has 3 aromatic rings. The Kier molecular flexibility index (Phi) is 3.77. The van der Waals surface area contributed by atoms with Gasteiger partial charge >= 0.3 is 0 Å². The number of hydrogen-bond donors (Lipinski definition) is 1. The number of nitrogens with two attached hydrogens (primary N) is 1. The molecule has 0 radical (unpaired) electrons. The highest BCUT2D eigenvalue weighted by molar-refractivity contribution is 6.30. The van der Waals surface area contributed by atoms with Crippen molar-refractivity contribution >= 4 is 17.5 Å². The molecule has 2 aromatic carbocycles. The van der Waals surface area contributed by atoms with Crippen molar-refractivity contribution < 1.29 is 13.9 Å². The summed E-state index contributed by atoms with van der Waals surface area (Å²) in [4.78, 5) is 17.9. The highest BCUT2D eigenvalue weighted by Crippen LogP contribution is 2.47. The maximum atomic E-state index is 14.9. The van der Waals surface area contributed by atoms with Crippen molar-refractivity contribution in [1.82, 2.24) is 19.7 Å². The van der Waals surface area contributed by atoms with Crippen molar-refractivity contribution in [3.8, 4) is 5.69 Å². The van der Waals surface area contributed by atoms with Crippen molar-refractivity contribution in [2.24, 2.45) is 5.73 Å². The van der Waals surface area contributed by atoms with E-state index in [1.165, 1.54) is 6.07 Å². The number of carbonyl (C=O) groups is 1. The van der Waals surface area contributed by atoms with Crippen LogP contribution in [0.5, 0.6) is 0 Å². The first-order chi connectivity index (χ1) is 13.5. The van der Waals surface area contributed by atoms with E-state index in [1.54, 1.807) is 41.1 Å². The SMILES string of the molecule is NC(=O)c1nc2n(n1)-c1ccc(Cl)cc1C1(c3ccccc3F)OCCN1C2. The van der Waals surface area contributed by atoms with E-state index in [-0.39, 0.29) is 11.6 Å². The van der Waals surface area contributed by atoms with Crippen molar-refractivity contribution in [1.29, 1.82) is 0 Å². The summed E-state index contributed by atoms with van der Waals surface area (Å²) in [5, 5.41) is 4.74. The number of hydrogen-bond acceptors (Lipinski definition) is 5. The van der Waals surface area contributed by atoms with E-state index < -0.39 is 11.6 Å². The van der Waals surface area contributed by atoms with Gasteiger partial charge in [0.2, 0.25) is 5.82 Å². The van der Waals surface area contributed by atoms with Crippen LogP contribution in [0.25, 0.3) is 5.69 Å². The summed E-state index contributed by atoms with van der Waals surface area (Å²) in [6.07, 6.45) is 0. The molecule has 1 atom stereocenters. The molecule has 1 fully saturated rings. The van der Waals surface area contributed by atoms with Crippen LogP contribution in [0.1, 0.15) is 27.6 Å². The van der Waals surface area contributed by atoms with Crippen molar-refractivity contribution in [2.75, 3.05) is 13.2 Å². The number of carbonyl (C=O) groups excluding carboxylic acids is 1. The number of fused-ring (bicyclic) bond motifs is 5. The van der Waals surface area contributed by atoms with Crippen LogP contribution in [0, 0.1) is 5.82 Å². The van der Waals surface area contributed by atoms with Gasteiger partial charge in [0.1, 0.15) is 11.6 Å². The number of benzene rings is 2. The van der Waals surface area contributed by atoms with E-state index in [0.29, 0.717) is 47.4 Å². The largest absolute Gasteiger partial charge is 0.363 e. The molecule has 7 nitrogen and oxygen atoms in total. The van der Waals surface area contributed by atoms with Crippen LogP contribution in [0.4, 0.5) is 4.39 Å². The van der Waals surface area contributed by atoms with Gasteiger partial charge in [-0.2, -0.15) is 0 Å². The third-order valence-electron chi connectivity index (χ3n) is 5.14. The van der Waals surface area contributed by atoms with E-state index in [9.17, 15) is 9.18 Å². The summed E-state index contributed by atoms with van der Waals surface area (Å²) < 4.78 is 22.7. The molecule has 0 spiro atoms. The predicted octanol–water partition coefficient (Wildman–Crippen LogP) is 2.21. The first-order valence-electron chi connectivity index (χ1n) is 8.71. The van der Waals surface area contributed by atoms with E-state index in [0.717, 1.165) is 0 Å². The Morgan fingerprint density at radius 3 is 2.86 bits per heavy atom. The highest BCUT2D eigenvalue weighted by Gasteiger charge is 2.51. The van der Waals surface area contributed by atoms with Gasteiger partial charge in [0.25, 0.3) is 5.91 Å². The molecule has 1 aromatic heterocycles. The minimum absolute atomic E-state index is 0.0746. The van der Waals surface area contributed by atoms with Crippen LogP contribution < -0.4 is 5.73 Å². The molecule has 0 bridgehead atoms. The standard InChI is InChI=1S/C19H15ClFN5O2/c20-11-5-6-15-13(9-11)19(12-3-1-2-4-14(12)21)25(7-8-28-19)10-16-23-18(17(22)27)24-26(15)16/h1-6,9H,7-8,10H2,(H2,22,27). The van der Waals surface area contributed by atoms with Crippen LogP contribution >= 0.6 is 11.6 Å². The van der Waals surface area contributed by atoms with Gasteiger partial charge in [-0.15, -0.1) is 5.10 Å². The van der Waals surface area contributed by atoms with Gasteiger partial charge in [-0.25, -0.2) is 14.1 Å². The lowest BCUT2D eigenvalue weighted by Crippen LogP contribution is -2.43. The fourth-order valence-corrected chi connectivity index (χ4v) is 4.17. The van der Waals surface area contributed by atoms with Crippen molar-refractivity contribution in [2.45, 2.75) is 12.3 Å². The molecule has 5 rings (SSSR count). The average molecular weight is 400 g/mol. The number of rotatable bonds is 2. The lowest BCUT2D eigenvalue weighted by Gasteiger charge is -2.37. The maximum absolute atomic E-state index is 14.9. The Morgan fingerprint density at radius 1 is 1.25 bits per heavy atom. The van der Waals surface area contributed by atoms with Gasteiger partial charge in [0, 0.05) is 22.7 Å². The van der Waals surface area contributed by atoms with E-state index in [1.807, 2.05) is 4.90 Å². The van der Waals surface area contributed by atoms with Crippen molar-refractivity contribution in [3.63, 3.8) is 0 Å². The zero-order valence-corrected chi connectivity index (χ0v) is 15.4. The molecule has 9 heteroatoms. The summed E-state index contributed by atoms with van der Waals surface area (Å²) in [5.74, 6) is -0.657. The smallest absolute Gasteiger partial charge is 0.288 e. The monoisotopic (exact) mass is 399 g/mol. The molecule has 1 saturated heterocycles. The molecule has 1 amide bonds. The molecular weight excluding hydrogens is 385 g/mol. The van der Waals surface area contributed by atoms with Crippen LogP contribution in [0.2, 0.25) is 5.02 Å². The Balaban J connectivity index is 1.84. The first-order valence-corrected chi connectivity index (χ1v) is 9.08. The second-order valence-electron chi connectivity index (χ2n) is 6.68. The van der Waals surface area contributed by atoms with Gasteiger partial charge in [-0.3, -0.25) is 9.69 Å². The van der Waals surface area contributed by atoms with Gasteiger partial charge in [-0.05, 0) is 24.3 Å². The lowest BCUT2D eigenvalue weighted by atomic mass is 9.91. The Labute approximate surface area is 164 Å². The van der Waals surface area contributed by atoms with Gasteiger partial charge < -0.3 is 10.5 Å². The quantitative estimate of drug-likeness (QED) is 0.714. The molecule has 3 heterocycles. The molecule has 142 valence electrons. The fraction of sp³-hybridized carbons (Fsp3) is 0.211. The Morgan fingerprint density at radius 2 is 2.07 bits per heavy atom.